The maximum Gasteiger partial charge on any atom is 0.123 e. The highest BCUT2D eigenvalue weighted by atomic mass is 79.9. The van der Waals surface area contributed by atoms with E-state index in [1.54, 1.807) is 7.11 Å². The lowest BCUT2D eigenvalue weighted by molar-refractivity contribution is 0.0999. The number of piperazine rings is 1. The first-order chi connectivity index (χ1) is 8.55. The molecule has 0 amide bonds. The van der Waals surface area contributed by atoms with Crippen LogP contribution in [0, 0.1) is 0 Å². The topological polar surface area (TPSA) is 24.5 Å². The average molecular weight is 313 g/mol. The lowest BCUT2D eigenvalue weighted by atomic mass is 9.90. The van der Waals surface area contributed by atoms with Crippen molar-refractivity contribution in [1.29, 1.82) is 0 Å². The van der Waals surface area contributed by atoms with Gasteiger partial charge in [0.05, 0.1) is 7.11 Å². The Morgan fingerprint density at radius 2 is 1.94 bits per heavy atom. The number of ether oxygens (including phenoxy) is 1. The Balaban J connectivity index is 2.35. The van der Waals surface area contributed by atoms with Crippen molar-refractivity contribution in [3.8, 4) is 5.75 Å². The molecule has 1 saturated heterocycles. The Hall–Kier alpha value is -0.580. The van der Waals surface area contributed by atoms with E-state index < -0.39 is 0 Å². The number of methoxy groups -OCH3 is 1. The number of nitrogens with zero attached hydrogens (tertiary/aromatic N) is 1. The summed E-state index contributed by atoms with van der Waals surface area (Å²) in [4.78, 5) is 2.51. The first-order valence-electron chi connectivity index (χ1n) is 6.35. The van der Waals surface area contributed by atoms with Crippen molar-refractivity contribution < 1.29 is 4.74 Å². The van der Waals surface area contributed by atoms with Gasteiger partial charge in [0.2, 0.25) is 0 Å². The molecule has 1 N–H and O–H groups in total. The largest absolute Gasteiger partial charge is 0.496 e. The zero-order valence-corrected chi connectivity index (χ0v) is 12.9. The minimum absolute atomic E-state index is 0.0166. The Bertz CT molecular complexity index is 414. The van der Waals surface area contributed by atoms with E-state index >= 15 is 0 Å². The Kier molecular flexibility index (Phi) is 4.30. The maximum absolute atomic E-state index is 5.51. The third-order valence-electron chi connectivity index (χ3n) is 3.73. The van der Waals surface area contributed by atoms with Gasteiger partial charge in [0, 0.05) is 41.8 Å². The Morgan fingerprint density at radius 3 is 2.56 bits per heavy atom. The molecule has 3 nitrogen and oxygen atoms in total. The number of halogens is 1. The number of hydrogen-bond donors (Lipinski definition) is 1. The molecule has 100 valence electrons. The Labute approximate surface area is 118 Å². The molecule has 0 bridgehead atoms. The van der Waals surface area contributed by atoms with Crippen LogP contribution in [0.2, 0.25) is 0 Å². The molecule has 1 fully saturated rings. The normalized spacial score (nSPS) is 17.8. The molecular weight excluding hydrogens is 292 g/mol. The van der Waals surface area contributed by atoms with Gasteiger partial charge in [-0.25, -0.2) is 0 Å². The van der Waals surface area contributed by atoms with Crippen LogP contribution in [0.5, 0.6) is 5.75 Å². The summed E-state index contributed by atoms with van der Waals surface area (Å²) < 4.78 is 6.61. The van der Waals surface area contributed by atoms with Crippen LogP contribution in [-0.2, 0) is 5.54 Å². The number of hydrogen-bond acceptors (Lipinski definition) is 3. The number of benzene rings is 1. The van der Waals surface area contributed by atoms with E-state index in [0.29, 0.717) is 0 Å². The lowest BCUT2D eigenvalue weighted by Crippen LogP contribution is -2.51. The molecule has 4 heteroatoms. The highest BCUT2D eigenvalue weighted by Crippen LogP contribution is 2.36. The van der Waals surface area contributed by atoms with Gasteiger partial charge in [0.25, 0.3) is 0 Å². The van der Waals surface area contributed by atoms with Gasteiger partial charge in [-0.05, 0) is 32.0 Å². The molecule has 1 aliphatic heterocycles. The van der Waals surface area contributed by atoms with Crippen molar-refractivity contribution in [2.75, 3.05) is 33.3 Å². The predicted octanol–water partition coefficient (Wildman–Crippen LogP) is 2.60. The van der Waals surface area contributed by atoms with E-state index in [2.05, 4.69) is 46.1 Å². The molecular formula is C14H21BrN2O. The zero-order valence-electron chi connectivity index (χ0n) is 11.3. The quantitative estimate of drug-likeness (QED) is 0.928. The van der Waals surface area contributed by atoms with Gasteiger partial charge >= 0.3 is 0 Å². The van der Waals surface area contributed by atoms with E-state index in [-0.39, 0.29) is 5.54 Å². The van der Waals surface area contributed by atoms with E-state index in [1.165, 1.54) is 5.56 Å². The first-order valence-corrected chi connectivity index (χ1v) is 7.15. The van der Waals surface area contributed by atoms with Crippen LogP contribution >= 0.6 is 15.9 Å². The van der Waals surface area contributed by atoms with E-state index in [1.807, 2.05) is 12.1 Å². The van der Waals surface area contributed by atoms with Crippen molar-refractivity contribution in [2.24, 2.45) is 0 Å². The summed E-state index contributed by atoms with van der Waals surface area (Å²) in [5.41, 5.74) is 1.22. The predicted molar refractivity (Wildman–Crippen MR) is 78.2 cm³/mol. The second-order valence-corrected chi connectivity index (χ2v) is 6.06. The van der Waals surface area contributed by atoms with Crippen LogP contribution in [0.15, 0.2) is 22.7 Å². The summed E-state index contributed by atoms with van der Waals surface area (Å²) in [6.45, 7) is 8.79. The summed E-state index contributed by atoms with van der Waals surface area (Å²) in [6, 6.07) is 6.22. The van der Waals surface area contributed by atoms with Crippen molar-refractivity contribution in [3.63, 3.8) is 0 Å². The van der Waals surface area contributed by atoms with Gasteiger partial charge in [-0.3, -0.25) is 4.90 Å². The molecule has 0 unspecified atom stereocenters. The summed E-state index contributed by atoms with van der Waals surface area (Å²) >= 11 is 3.56. The van der Waals surface area contributed by atoms with Crippen molar-refractivity contribution in [1.82, 2.24) is 10.2 Å². The van der Waals surface area contributed by atoms with Crippen molar-refractivity contribution in [3.05, 3.63) is 28.2 Å². The van der Waals surface area contributed by atoms with Gasteiger partial charge in [-0.15, -0.1) is 0 Å². The fourth-order valence-corrected chi connectivity index (χ4v) is 2.91. The molecule has 18 heavy (non-hydrogen) atoms. The Morgan fingerprint density at radius 1 is 1.28 bits per heavy atom. The monoisotopic (exact) mass is 312 g/mol. The minimum Gasteiger partial charge on any atom is -0.496 e. The fraction of sp³-hybridized carbons (Fsp3) is 0.571. The molecule has 0 spiro atoms. The maximum atomic E-state index is 5.51. The molecule has 0 saturated carbocycles. The third kappa shape index (κ3) is 2.71. The lowest BCUT2D eigenvalue weighted by Gasteiger charge is -2.42. The summed E-state index contributed by atoms with van der Waals surface area (Å²) in [5.74, 6) is 0.960. The standard InChI is InChI=1S/C14H21BrN2O/c1-14(2,17-8-6-16-7-9-17)12-10-11(15)4-5-13(12)18-3/h4-5,10,16H,6-9H2,1-3H3. The van der Waals surface area contributed by atoms with Gasteiger partial charge in [0.15, 0.2) is 0 Å². The molecule has 2 rings (SSSR count). The molecule has 0 aliphatic carbocycles. The van der Waals surface area contributed by atoms with Crippen LogP contribution in [-0.4, -0.2) is 38.2 Å². The van der Waals surface area contributed by atoms with Crippen molar-refractivity contribution in [2.45, 2.75) is 19.4 Å². The van der Waals surface area contributed by atoms with Crippen LogP contribution in [0.4, 0.5) is 0 Å². The van der Waals surface area contributed by atoms with Crippen molar-refractivity contribution >= 4 is 15.9 Å². The van der Waals surface area contributed by atoms with E-state index in [9.17, 15) is 0 Å². The second-order valence-electron chi connectivity index (χ2n) is 5.14. The van der Waals surface area contributed by atoms with Gasteiger partial charge in [-0.1, -0.05) is 15.9 Å². The average Bonchev–Trinajstić information content (AvgIpc) is 2.39. The fourth-order valence-electron chi connectivity index (χ4n) is 2.55. The highest BCUT2D eigenvalue weighted by Gasteiger charge is 2.32. The number of nitrogens with one attached hydrogen (secondary N) is 1. The molecule has 1 heterocycles. The van der Waals surface area contributed by atoms with Crippen LogP contribution in [0.25, 0.3) is 0 Å². The SMILES string of the molecule is COc1ccc(Br)cc1C(C)(C)N1CCNCC1. The molecule has 0 aromatic heterocycles. The summed E-state index contributed by atoms with van der Waals surface area (Å²) in [5, 5.41) is 3.40. The minimum atomic E-state index is -0.0166. The third-order valence-corrected chi connectivity index (χ3v) is 4.22. The second kappa shape index (κ2) is 5.59. The van der Waals surface area contributed by atoms with Gasteiger partial charge in [-0.2, -0.15) is 0 Å². The number of rotatable bonds is 3. The molecule has 0 atom stereocenters. The summed E-state index contributed by atoms with van der Waals surface area (Å²) in [6.07, 6.45) is 0. The molecule has 0 radical (unpaired) electrons. The first kappa shape index (κ1) is 13.8. The molecule has 1 aromatic carbocycles. The van der Waals surface area contributed by atoms with Gasteiger partial charge in [0.1, 0.15) is 5.75 Å². The van der Waals surface area contributed by atoms with Gasteiger partial charge < -0.3 is 10.1 Å². The molecule has 1 aromatic rings. The highest BCUT2D eigenvalue weighted by molar-refractivity contribution is 9.10. The smallest absolute Gasteiger partial charge is 0.123 e. The van der Waals surface area contributed by atoms with Crippen LogP contribution in [0.3, 0.4) is 0 Å². The van der Waals surface area contributed by atoms with Crippen LogP contribution in [0.1, 0.15) is 19.4 Å². The van der Waals surface area contributed by atoms with E-state index in [4.69, 9.17) is 4.74 Å². The molecule has 1 aliphatic rings. The van der Waals surface area contributed by atoms with Crippen LogP contribution < -0.4 is 10.1 Å². The zero-order chi connectivity index (χ0) is 13.2. The summed E-state index contributed by atoms with van der Waals surface area (Å²) in [7, 11) is 1.74. The van der Waals surface area contributed by atoms with E-state index in [0.717, 1.165) is 36.4 Å².